The molecule has 3 N–H and O–H groups in total. The van der Waals surface area contributed by atoms with E-state index in [0.717, 1.165) is 0 Å². The molecule has 1 amide bonds. The molecule has 0 aromatic heterocycles. The third-order valence-electron chi connectivity index (χ3n) is 2.45. The monoisotopic (exact) mass is 240 g/mol. The zero-order valence-corrected chi connectivity index (χ0v) is 10.00. The molecule has 0 radical (unpaired) electrons. The minimum absolute atomic E-state index is 0.297. The summed E-state index contributed by atoms with van der Waals surface area (Å²) < 4.78 is 18.0. The van der Waals surface area contributed by atoms with Gasteiger partial charge in [-0.25, -0.2) is 4.39 Å². The molecule has 4 nitrogen and oxygen atoms in total. The van der Waals surface area contributed by atoms with Crippen molar-refractivity contribution in [3.63, 3.8) is 0 Å². The highest BCUT2D eigenvalue weighted by molar-refractivity contribution is 5.81. The fraction of sp³-hybridized carbons (Fsp3) is 0.417. The molecule has 0 aliphatic heterocycles. The third-order valence-corrected chi connectivity index (χ3v) is 2.45. The normalized spacial score (nSPS) is 12.4. The molecule has 0 heterocycles. The van der Waals surface area contributed by atoms with E-state index in [2.05, 4.69) is 5.32 Å². The number of aryl methyl sites for hydroxylation is 1. The smallest absolute Gasteiger partial charge is 0.239 e. The first-order valence-electron chi connectivity index (χ1n) is 5.34. The van der Waals surface area contributed by atoms with Crippen LogP contribution in [0.4, 0.5) is 4.39 Å². The van der Waals surface area contributed by atoms with E-state index in [0.29, 0.717) is 24.3 Å². The molecular weight excluding hydrogens is 223 g/mol. The standard InChI is InChI=1S/C12H17FN2O2/c1-8-7-9(3-4-10(8)13)11(12(14)16)15-5-6-17-2/h3-4,7,11,15H,5-6H2,1-2H3,(H2,14,16). The molecule has 0 bridgehead atoms. The topological polar surface area (TPSA) is 64.3 Å². The molecule has 1 rings (SSSR count). The molecule has 17 heavy (non-hydrogen) atoms. The number of nitrogens with two attached hydrogens (primary N) is 1. The quantitative estimate of drug-likeness (QED) is 0.726. The number of amides is 1. The molecule has 0 aliphatic rings. The van der Waals surface area contributed by atoms with Crippen molar-refractivity contribution in [2.24, 2.45) is 5.73 Å². The predicted molar refractivity (Wildman–Crippen MR) is 63.0 cm³/mol. The SMILES string of the molecule is COCCNC(C(N)=O)c1ccc(F)c(C)c1. The van der Waals surface area contributed by atoms with Crippen LogP contribution in [0.5, 0.6) is 0 Å². The number of hydrogen-bond acceptors (Lipinski definition) is 3. The van der Waals surface area contributed by atoms with E-state index >= 15 is 0 Å². The lowest BCUT2D eigenvalue weighted by atomic mass is 10.0. The number of rotatable bonds is 6. The Balaban J connectivity index is 2.82. The lowest BCUT2D eigenvalue weighted by molar-refractivity contribution is -0.120. The van der Waals surface area contributed by atoms with Crippen LogP contribution in [0.15, 0.2) is 18.2 Å². The Bertz CT molecular complexity index is 396. The molecule has 1 aromatic rings. The molecule has 0 saturated carbocycles. The van der Waals surface area contributed by atoms with Gasteiger partial charge < -0.3 is 10.5 Å². The molecule has 0 saturated heterocycles. The Morgan fingerprint density at radius 3 is 2.82 bits per heavy atom. The fourth-order valence-electron chi connectivity index (χ4n) is 1.54. The number of ether oxygens (including phenoxy) is 1. The molecule has 1 aromatic carbocycles. The maximum absolute atomic E-state index is 13.1. The highest BCUT2D eigenvalue weighted by Crippen LogP contribution is 2.16. The van der Waals surface area contributed by atoms with E-state index in [9.17, 15) is 9.18 Å². The van der Waals surface area contributed by atoms with Gasteiger partial charge in [0.2, 0.25) is 5.91 Å². The molecule has 0 spiro atoms. The zero-order valence-electron chi connectivity index (χ0n) is 10.00. The summed E-state index contributed by atoms with van der Waals surface area (Å²) in [7, 11) is 1.57. The zero-order chi connectivity index (χ0) is 12.8. The summed E-state index contributed by atoms with van der Waals surface area (Å²) in [6.45, 7) is 2.62. The van der Waals surface area contributed by atoms with E-state index in [1.54, 1.807) is 26.2 Å². The summed E-state index contributed by atoms with van der Waals surface area (Å²) in [4.78, 5) is 11.3. The number of primary amides is 1. The molecule has 5 heteroatoms. The van der Waals surface area contributed by atoms with Crippen molar-refractivity contribution in [2.75, 3.05) is 20.3 Å². The van der Waals surface area contributed by atoms with Gasteiger partial charge in [-0.1, -0.05) is 12.1 Å². The number of carbonyl (C=O) groups is 1. The van der Waals surface area contributed by atoms with Crippen LogP contribution in [-0.2, 0) is 9.53 Å². The van der Waals surface area contributed by atoms with Gasteiger partial charge in [0.15, 0.2) is 0 Å². The number of benzene rings is 1. The average Bonchev–Trinajstić information content (AvgIpc) is 2.28. The van der Waals surface area contributed by atoms with Crippen molar-refractivity contribution >= 4 is 5.91 Å². The summed E-state index contributed by atoms with van der Waals surface area (Å²) in [5, 5.41) is 2.96. The van der Waals surface area contributed by atoms with Crippen LogP contribution in [-0.4, -0.2) is 26.2 Å². The van der Waals surface area contributed by atoms with Gasteiger partial charge in [-0.3, -0.25) is 10.1 Å². The van der Waals surface area contributed by atoms with Gasteiger partial charge in [-0.2, -0.15) is 0 Å². The number of halogens is 1. The van der Waals surface area contributed by atoms with E-state index < -0.39 is 11.9 Å². The summed E-state index contributed by atoms with van der Waals surface area (Å²) in [5.41, 5.74) is 6.45. The number of nitrogens with one attached hydrogen (secondary N) is 1. The van der Waals surface area contributed by atoms with Gasteiger partial charge in [0.25, 0.3) is 0 Å². The van der Waals surface area contributed by atoms with Crippen LogP contribution >= 0.6 is 0 Å². The van der Waals surface area contributed by atoms with Crippen molar-refractivity contribution in [3.05, 3.63) is 35.1 Å². The highest BCUT2D eigenvalue weighted by atomic mass is 19.1. The summed E-state index contributed by atoms with van der Waals surface area (Å²) in [5.74, 6) is -0.791. The minimum atomic E-state index is -0.621. The lowest BCUT2D eigenvalue weighted by Gasteiger charge is -2.16. The second-order valence-corrected chi connectivity index (χ2v) is 3.79. The second-order valence-electron chi connectivity index (χ2n) is 3.79. The van der Waals surface area contributed by atoms with Crippen LogP contribution in [0.2, 0.25) is 0 Å². The number of methoxy groups -OCH3 is 1. The summed E-state index contributed by atoms with van der Waals surface area (Å²) >= 11 is 0. The van der Waals surface area contributed by atoms with Crippen molar-refractivity contribution in [3.8, 4) is 0 Å². The third kappa shape index (κ3) is 3.80. The molecule has 0 aliphatic carbocycles. The number of hydrogen-bond donors (Lipinski definition) is 2. The van der Waals surface area contributed by atoms with Crippen molar-refractivity contribution < 1.29 is 13.9 Å². The van der Waals surface area contributed by atoms with Crippen LogP contribution in [0.3, 0.4) is 0 Å². The molecular formula is C12H17FN2O2. The largest absolute Gasteiger partial charge is 0.383 e. The van der Waals surface area contributed by atoms with Gasteiger partial charge in [-0.15, -0.1) is 0 Å². The molecule has 1 atom stereocenters. The van der Waals surface area contributed by atoms with Crippen molar-refractivity contribution in [2.45, 2.75) is 13.0 Å². The molecule has 1 unspecified atom stereocenters. The number of carbonyl (C=O) groups excluding carboxylic acids is 1. The first kappa shape index (κ1) is 13.6. The van der Waals surface area contributed by atoms with Gasteiger partial charge >= 0.3 is 0 Å². The maximum atomic E-state index is 13.1. The Morgan fingerprint density at radius 1 is 1.59 bits per heavy atom. The van der Waals surface area contributed by atoms with E-state index in [4.69, 9.17) is 10.5 Å². The van der Waals surface area contributed by atoms with Crippen LogP contribution < -0.4 is 11.1 Å². The van der Waals surface area contributed by atoms with E-state index in [1.165, 1.54) is 6.07 Å². The fourth-order valence-corrected chi connectivity index (χ4v) is 1.54. The van der Waals surface area contributed by atoms with Gasteiger partial charge in [-0.05, 0) is 24.1 Å². The Kier molecular flexibility index (Phi) is 5.06. The Morgan fingerprint density at radius 2 is 2.29 bits per heavy atom. The molecule has 0 fully saturated rings. The average molecular weight is 240 g/mol. The predicted octanol–water partition coefficient (Wildman–Crippen LogP) is 0.897. The van der Waals surface area contributed by atoms with E-state index in [1.807, 2.05) is 0 Å². The Labute approximate surface area is 100.0 Å². The van der Waals surface area contributed by atoms with Gasteiger partial charge in [0.1, 0.15) is 11.9 Å². The first-order valence-corrected chi connectivity index (χ1v) is 5.34. The maximum Gasteiger partial charge on any atom is 0.239 e. The van der Waals surface area contributed by atoms with Crippen LogP contribution in [0.25, 0.3) is 0 Å². The van der Waals surface area contributed by atoms with Crippen LogP contribution in [0, 0.1) is 12.7 Å². The van der Waals surface area contributed by atoms with Gasteiger partial charge in [0, 0.05) is 13.7 Å². The lowest BCUT2D eigenvalue weighted by Crippen LogP contribution is -2.35. The Hall–Kier alpha value is -1.46. The second kappa shape index (κ2) is 6.32. The first-order chi connectivity index (χ1) is 8.06. The highest BCUT2D eigenvalue weighted by Gasteiger charge is 2.17. The van der Waals surface area contributed by atoms with Crippen molar-refractivity contribution in [1.29, 1.82) is 0 Å². The summed E-state index contributed by atoms with van der Waals surface area (Å²) in [6, 6.07) is 3.88. The van der Waals surface area contributed by atoms with E-state index in [-0.39, 0.29) is 5.82 Å². The van der Waals surface area contributed by atoms with Crippen molar-refractivity contribution in [1.82, 2.24) is 5.32 Å². The summed E-state index contributed by atoms with van der Waals surface area (Å²) in [6.07, 6.45) is 0. The molecule has 94 valence electrons. The minimum Gasteiger partial charge on any atom is -0.383 e. The van der Waals surface area contributed by atoms with Gasteiger partial charge in [0.05, 0.1) is 6.61 Å². The van der Waals surface area contributed by atoms with Crippen LogP contribution in [0.1, 0.15) is 17.2 Å².